The molecule has 0 bridgehead atoms. The third-order valence-electron chi connectivity index (χ3n) is 2.82. The molecule has 1 rings (SSSR count). The number of anilines is 1. The van der Waals surface area contributed by atoms with Gasteiger partial charge in [0.05, 0.1) is 23.5 Å². The maximum absolute atomic E-state index is 11.0. The lowest BCUT2D eigenvalue weighted by atomic mass is 9.96. The summed E-state index contributed by atoms with van der Waals surface area (Å²) in [6, 6.07) is 0. The fourth-order valence-corrected chi connectivity index (χ4v) is 1.45. The summed E-state index contributed by atoms with van der Waals surface area (Å²) in [5.74, 6) is -0.498. The molecule has 5 nitrogen and oxygen atoms in total. The quantitative estimate of drug-likeness (QED) is 0.817. The Bertz CT molecular complexity index is 405. The molecule has 0 aliphatic carbocycles. The van der Waals surface area contributed by atoms with Crippen molar-refractivity contribution in [1.29, 1.82) is 0 Å². The summed E-state index contributed by atoms with van der Waals surface area (Å²) in [6.07, 6.45) is 1.63. The average molecular weight is 237 g/mol. The Balaban J connectivity index is 2.65. The van der Waals surface area contributed by atoms with Crippen LogP contribution in [0, 0.1) is 25.7 Å². The normalized spacial score (nSPS) is 12.5. The van der Waals surface area contributed by atoms with E-state index in [9.17, 15) is 4.79 Å². The minimum Gasteiger partial charge on any atom is -0.481 e. The molecule has 0 spiro atoms. The molecule has 1 atom stereocenters. The largest absolute Gasteiger partial charge is 0.481 e. The van der Waals surface area contributed by atoms with Crippen molar-refractivity contribution in [1.82, 2.24) is 9.97 Å². The summed E-state index contributed by atoms with van der Waals surface area (Å²) in [5.41, 5.74) is 1.74. The Morgan fingerprint density at radius 1 is 1.41 bits per heavy atom. The molecule has 1 aromatic rings. The van der Waals surface area contributed by atoms with Crippen molar-refractivity contribution in [2.75, 3.05) is 11.9 Å². The van der Waals surface area contributed by atoms with Crippen molar-refractivity contribution in [2.45, 2.75) is 27.7 Å². The van der Waals surface area contributed by atoms with Crippen LogP contribution in [0.15, 0.2) is 6.20 Å². The van der Waals surface area contributed by atoms with Gasteiger partial charge in [-0.1, -0.05) is 13.8 Å². The summed E-state index contributed by atoms with van der Waals surface area (Å²) in [5, 5.41) is 12.1. The number of aryl methyl sites for hydroxylation is 2. The first kappa shape index (κ1) is 13.4. The number of aromatic nitrogens is 2. The van der Waals surface area contributed by atoms with E-state index >= 15 is 0 Å². The Labute approximate surface area is 101 Å². The molecule has 17 heavy (non-hydrogen) atoms. The van der Waals surface area contributed by atoms with Crippen LogP contribution in [-0.2, 0) is 4.79 Å². The molecule has 1 aromatic heterocycles. The summed E-state index contributed by atoms with van der Waals surface area (Å²) < 4.78 is 0. The highest BCUT2D eigenvalue weighted by atomic mass is 16.4. The first-order valence-electron chi connectivity index (χ1n) is 5.68. The van der Waals surface area contributed by atoms with E-state index in [1.807, 2.05) is 27.7 Å². The SMILES string of the molecule is Cc1ncc(NCC(C(=O)O)C(C)C)nc1C. The Hall–Kier alpha value is -1.65. The van der Waals surface area contributed by atoms with Gasteiger partial charge in [-0.05, 0) is 19.8 Å². The van der Waals surface area contributed by atoms with E-state index < -0.39 is 11.9 Å². The Morgan fingerprint density at radius 3 is 2.53 bits per heavy atom. The van der Waals surface area contributed by atoms with E-state index in [4.69, 9.17) is 5.11 Å². The first-order chi connectivity index (χ1) is 7.91. The third kappa shape index (κ3) is 3.69. The number of hydrogen-bond acceptors (Lipinski definition) is 4. The van der Waals surface area contributed by atoms with Crippen LogP contribution < -0.4 is 5.32 Å². The highest BCUT2D eigenvalue weighted by molar-refractivity contribution is 5.71. The van der Waals surface area contributed by atoms with Gasteiger partial charge in [0.15, 0.2) is 0 Å². The fourth-order valence-electron chi connectivity index (χ4n) is 1.45. The van der Waals surface area contributed by atoms with Crippen LogP contribution in [0.2, 0.25) is 0 Å². The maximum Gasteiger partial charge on any atom is 0.308 e. The highest BCUT2D eigenvalue weighted by Crippen LogP contribution is 2.13. The van der Waals surface area contributed by atoms with Gasteiger partial charge < -0.3 is 10.4 Å². The maximum atomic E-state index is 11.0. The Kier molecular flexibility index (Phi) is 4.43. The zero-order valence-corrected chi connectivity index (χ0v) is 10.7. The first-order valence-corrected chi connectivity index (χ1v) is 5.68. The minimum atomic E-state index is -0.788. The molecule has 0 amide bonds. The molecule has 0 saturated heterocycles. The fraction of sp³-hybridized carbons (Fsp3) is 0.583. The topological polar surface area (TPSA) is 75.1 Å². The van der Waals surface area contributed by atoms with Crippen LogP contribution in [0.4, 0.5) is 5.82 Å². The molecular formula is C12H19N3O2. The van der Waals surface area contributed by atoms with Gasteiger partial charge in [0.25, 0.3) is 0 Å². The molecular weight excluding hydrogens is 218 g/mol. The van der Waals surface area contributed by atoms with Crippen molar-refractivity contribution in [2.24, 2.45) is 11.8 Å². The van der Waals surface area contributed by atoms with Crippen LogP contribution >= 0.6 is 0 Å². The predicted molar refractivity (Wildman–Crippen MR) is 66.0 cm³/mol. The molecule has 0 radical (unpaired) electrons. The van der Waals surface area contributed by atoms with Gasteiger partial charge in [0.1, 0.15) is 5.82 Å². The van der Waals surface area contributed by atoms with E-state index in [1.54, 1.807) is 6.20 Å². The van der Waals surface area contributed by atoms with Gasteiger partial charge in [-0.15, -0.1) is 0 Å². The number of nitrogens with one attached hydrogen (secondary N) is 1. The van der Waals surface area contributed by atoms with Crippen LogP contribution in [0.25, 0.3) is 0 Å². The van der Waals surface area contributed by atoms with Gasteiger partial charge in [-0.2, -0.15) is 0 Å². The standard InChI is InChI=1S/C12H19N3O2/c1-7(2)10(12(16)17)5-14-11-6-13-8(3)9(4)15-11/h6-7,10H,5H2,1-4H3,(H,14,15)(H,16,17). The lowest BCUT2D eigenvalue weighted by Gasteiger charge is -2.17. The van der Waals surface area contributed by atoms with Gasteiger partial charge in [0.2, 0.25) is 0 Å². The lowest BCUT2D eigenvalue weighted by Crippen LogP contribution is -2.27. The van der Waals surface area contributed by atoms with Crippen molar-refractivity contribution >= 4 is 11.8 Å². The second kappa shape index (κ2) is 5.61. The smallest absolute Gasteiger partial charge is 0.308 e. The lowest BCUT2D eigenvalue weighted by molar-refractivity contribution is -0.142. The van der Waals surface area contributed by atoms with E-state index in [0.717, 1.165) is 11.4 Å². The summed E-state index contributed by atoms with van der Waals surface area (Å²) >= 11 is 0. The second-order valence-electron chi connectivity index (χ2n) is 4.50. The second-order valence-corrected chi connectivity index (χ2v) is 4.50. The Morgan fingerprint density at radius 2 is 2.06 bits per heavy atom. The third-order valence-corrected chi connectivity index (χ3v) is 2.82. The monoisotopic (exact) mass is 237 g/mol. The van der Waals surface area contributed by atoms with E-state index in [2.05, 4.69) is 15.3 Å². The van der Waals surface area contributed by atoms with Crippen LogP contribution in [0.1, 0.15) is 25.2 Å². The van der Waals surface area contributed by atoms with Gasteiger partial charge >= 0.3 is 5.97 Å². The minimum absolute atomic E-state index is 0.0829. The molecule has 1 heterocycles. The van der Waals surface area contributed by atoms with Crippen LogP contribution in [0.3, 0.4) is 0 Å². The molecule has 1 unspecified atom stereocenters. The zero-order valence-electron chi connectivity index (χ0n) is 10.7. The summed E-state index contributed by atoms with van der Waals surface area (Å²) in [7, 11) is 0. The molecule has 94 valence electrons. The van der Waals surface area contributed by atoms with Crippen LogP contribution in [0.5, 0.6) is 0 Å². The van der Waals surface area contributed by atoms with Crippen molar-refractivity contribution in [3.05, 3.63) is 17.6 Å². The van der Waals surface area contributed by atoms with E-state index in [1.165, 1.54) is 0 Å². The number of nitrogens with zero attached hydrogens (tertiary/aromatic N) is 2. The number of carboxylic acid groups (broad SMARTS) is 1. The van der Waals surface area contributed by atoms with Crippen molar-refractivity contribution in [3.63, 3.8) is 0 Å². The average Bonchev–Trinajstić information content (AvgIpc) is 2.22. The number of carbonyl (C=O) groups is 1. The number of rotatable bonds is 5. The molecule has 0 aliphatic heterocycles. The van der Waals surface area contributed by atoms with Gasteiger partial charge in [-0.3, -0.25) is 9.78 Å². The highest BCUT2D eigenvalue weighted by Gasteiger charge is 2.21. The molecule has 5 heteroatoms. The summed E-state index contributed by atoms with van der Waals surface area (Å²) in [4.78, 5) is 19.5. The molecule has 0 saturated carbocycles. The molecule has 2 N–H and O–H groups in total. The summed E-state index contributed by atoms with van der Waals surface area (Å²) in [6.45, 7) is 7.92. The molecule has 0 aliphatic rings. The van der Waals surface area contributed by atoms with Gasteiger partial charge in [-0.25, -0.2) is 4.98 Å². The van der Waals surface area contributed by atoms with Crippen molar-refractivity contribution in [3.8, 4) is 0 Å². The number of carboxylic acids is 1. The van der Waals surface area contributed by atoms with E-state index in [-0.39, 0.29) is 5.92 Å². The van der Waals surface area contributed by atoms with Gasteiger partial charge in [0, 0.05) is 6.54 Å². The predicted octanol–water partition coefficient (Wildman–Crippen LogP) is 1.86. The number of aliphatic carboxylic acids is 1. The molecule has 0 aromatic carbocycles. The number of hydrogen-bond donors (Lipinski definition) is 2. The molecule has 0 fully saturated rings. The van der Waals surface area contributed by atoms with Crippen LogP contribution in [-0.4, -0.2) is 27.6 Å². The zero-order chi connectivity index (χ0) is 13.0. The van der Waals surface area contributed by atoms with Crippen molar-refractivity contribution < 1.29 is 9.90 Å². The van der Waals surface area contributed by atoms with E-state index in [0.29, 0.717) is 12.4 Å².